The lowest BCUT2D eigenvalue weighted by Gasteiger charge is -2.48. The zero-order valence-corrected chi connectivity index (χ0v) is 12.7. The van der Waals surface area contributed by atoms with Crippen LogP contribution in [0.1, 0.15) is 44.2 Å². The van der Waals surface area contributed by atoms with Crippen molar-refractivity contribution in [3.63, 3.8) is 0 Å². The summed E-state index contributed by atoms with van der Waals surface area (Å²) in [4.78, 5) is 2.55. The molecule has 0 aliphatic carbocycles. The zero-order chi connectivity index (χ0) is 14.0. The van der Waals surface area contributed by atoms with Gasteiger partial charge in [0, 0.05) is 24.4 Å². The van der Waals surface area contributed by atoms with Gasteiger partial charge in [0.05, 0.1) is 0 Å². The van der Waals surface area contributed by atoms with Gasteiger partial charge in [0.2, 0.25) is 0 Å². The summed E-state index contributed by atoms with van der Waals surface area (Å²) in [6.45, 7) is 10.4. The first-order valence-electron chi connectivity index (χ1n) is 7.40. The van der Waals surface area contributed by atoms with Crippen LogP contribution in [0.25, 0.3) is 0 Å². The molecule has 2 rings (SSSR count). The summed E-state index contributed by atoms with van der Waals surface area (Å²) >= 11 is 0. The fraction of sp³-hybridized carbons (Fsp3) is 0.647. The van der Waals surface area contributed by atoms with E-state index in [1.165, 1.54) is 29.7 Å². The van der Waals surface area contributed by atoms with E-state index < -0.39 is 0 Å². The van der Waals surface area contributed by atoms with Crippen LogP contribution in [-0.2, 0) is 0 Å². The average molecular weight is 261 g/mol. The number of hydrogen-bond donors (Lipinski definition) is 1. The first kappa shape index (κ1) is 14.4. The molecule has 0 bridgehead atoms. The number of aliphatic hydroxyl groups is 1. The largest absolute Gasteiger partial charge is 0.396 e. The summed E-state index contributed by atoms with van der Waals surface area (Å²) in [7, 11) is 0. The number of anilines is 1. The fourth-order valence-electron chi connectivity index (χ4n) is 3.52. The van der Waals surface area contributed by atoms with Crippen LogP contribution in [0, 0.1) is 19.8 Å². The lowest BCUT2D eigenvalue weighted by Crippen LogP contribution is -2.50. The molecule has 1 aromatic carbocycles. The highest BCUT2D eigenvalue weighted by atomic mass is 16.3. The Morgan fingerprint density at radius 2 is 2.05 bits per heavy atom. The molecule has 0 amide bonds. The third-order valence-electron chi connectivity index (χ3n) is 4.46. The highest BCUT2D eigenvalue weighted by Crippen LogP contribution is 2.37. The van der Waals surface area contributed by atoms with Crippen LogP contribution in [0.4, 0.5) is 5.69 Å². The summed E-state index contributed by atoms with van der Waals surface area (Å²) in [6, 6.07) is 6.74. The lowest BCUT2D eigenvalue weighted by atomic mass is 9.80. The van der Waals surface area contributed by atoms with Gasteiger partial charge in [-0.3, -0.25) is 0 Å². The maximum absolute atomic E-state index is 9.13. The number of aliphatic hydroxyl groups excluding tert-OH is 1. The number of nitrogens with zero attached hydrogens (tertiary/aromatic N) is 1. The minimum Gasteiger partial charge on any atom is -0.396 e. The molecule has 1 aliphatic heterocycles. The summed E-state index contributed by atoms with van der Waals surface area (Å²) in [6.07, 6.45) is 3.31. The smallest absolute Gasteiger partial charge is 0.0433 e. The minimum atomic E-state index is 0.179. The first-order valence-corrected chi connectivity index (χ1v) is 7.40. The molecule has 1 atom stereocenters. The number of rotatable bonds is 3. The fourth-order valence-corrected chi connectivity index (χ4v) is 3.52. The molecule has 2 heteroatoms. The number of hydrogen-bond acceptors (Lipinski definition) is 2. The molecule has 1 aliphatic rings. The monoisotopic (exact) mass is 261 g/mol. The summed E-state index contributed by atoms with van der Waals surface area (Å²) in [5.74, 6) is 0.669. The van der Waals surface area contributed by atoms with Crippen LogP contribution in [0.2, 0.25) is 0 Å². The van der Waals surface area contributed by atoms with E-state index in [1.54, 1.807) is 0 Å². The van der Waals surface area contributed by atoms with E-state index in [-0.39, 0.29) is 5.54 Å². The molecule has 1 unspecified atom stereocenters. The second kappa shape index (κ2) is 5.54. The van der Waals surface area contributed by atoms with E-state index in [0.29, 0.717) is 12.5 Å². The van der Waals surface area contributed by atoms with E-state index in [1.807, 2.05) is 0 Å². The van der Waals surface area contributed by atoms with Crippen molar-refractivity contribution in [2.75, 3.05) is 18.1 Å². The second-order valence-corrected chi connectivity index (χ2v) is 6.63. The Morgan fingerprint density at radius 1 is 1.32 bits per heavy atom. The van der Waals surface area contributed by atoms with E-state index in [4.69, 9.17) is 5.11 Å². The van der Waals surface area contributed by atoms with Crippen LogP contribution in [-0.4, -0.2) is 23.8 Å². The highest BCUT2D eigenvalue weighted by molar-refractivity contribution is 5.56. The van der Waals surface area contributed by atoms with Crippen molar-refractivity contribution in [1.29, 1.82) is 0 Å². The van der Waals surface area contributed by atoms with Gasteiger partial charge in [-0.1, -0.05) is 17.7 Å². The van der Waals surface area contributed by atoms with Crippen molar-refractivity contribution in [2.45, 2.75) is 52.5 Å². The Labute approximate surface area is 117 Å². The molecule has 1 heterocycles. The standard InChI is InChI=1S/C17H27NO/c1-13-5-6-16(14(2)11-13)18-9-7-15(8-10-19)12-17(18,3)4/h5-6,11,15,19H,7-10,12H2,1-4H3. The Morgan fingerprint density at radius 3 is 2.63 bits per heavy atom. The third kappa shape index (κ3) is 3.11. The topological polar surface area (TPSA) is 23.5 Å². The SMILES string of the molecule is Cc1ccc(N2CCC(CCO)CC2(C)C)c(C)c1. The Balaban J connectivity index is 2.21. The number of benzene rings is 1. The third-order valence-corrected chi connectivity index (χ3v) is 4.46. The molecule has 0 radical (unpaired) electrons. The van der Waals surface area contributed by atoms with Gasteiger partial charge >= 0.3 is 0 Å². The number of piperidine rings is 1. The van der Waals surface area contributed by atoms with Gasteiger partial charge in [0.25, 0.3) is 0 Å². The maximum atomic E-state index is 9.13. The molecule has 1 fully saturated rings. The van der Waals surface area contributed by atoms with Crippen LogP contribution in [0.3, 0.4) is 0 Å². The maximum Gasteiger partial charge on any atom is 0.0433 e. The Kier molecular flexibility index (Phi) is 4.19. The predicted molar refractivity (Wildman–Crippen MR) is 81.8 cm³/mol. The Hall–Kier alpha value is -1.02. The molecule has 0 spiro atoms. The lowest BCUT2D eigenvalue weighted by molar-refractivity contribution is 0.205. The van der Waals surface area contributed by atoms with Gasteiger partial charge in [-0.2, -0.15) is 0 Å². The average Bonchev–Trinajstić information content (AvgIpc) is 2.30. The van der Waals surface area contributed by atoms with E-state index in [2.05, 4.69) is 50.8 Å². The van der Waals surface area contributed by atoms with Crippen LogP contribution in [0.15, 0.2) is 18.2 Å². The van der Waals surface area contributed by atoms with Crippen LogP contribution in [0.5, 0.6) is 0 Å². The van der Waals surface area contributed by atoms with Crippen LogP contribution < -0.4 is 4.90 Å². The van der Waals surface area contributed by atoms with Gasteiger partial charge in [0.15, 0.2) is 0 Å². The summed E-state index contributed by atoms with van der Waals surface area (Å²) in [5.41, 5.74) is 4.25. The van der Waals surface area contributed by atoms with Crippen molar-refractivity contribution in [3.8, 4) is 0 Å². The van der Waals surface area contributed by atoms with Crippen molar-refractivity contribution in [1.82, 2.24) is 0 Å². The van der Waals surface area contributed by atoms with Gasteiger partial charge in [-0.25, -0.2) is 0 Å². The van der Waals surface area contributed by atoms with E-state index in [9.17, 15) is 0 Å². The molecule has 1 saturated heterocycles. The summed E-state index contributed by atoms with van der Waals surface area (Å²) in [5, 5.41) is 9.13. The molecular formula is C17H27NO. The molecule has 0 saturated carbocycles. The molecule has 1 aromatic rings. The van der Waals surface area contributed by atoms with Crippen molar-refractivity contribution < 1.29 is 5.11 Å². The number of aryl methyl sites for hydroxylation is 2. The quantitative estimate of drug-likeness (QED) is 0.897. The molecular weight excluding hydrogens is 234 g/mol. The molecule has 0 aromatic heterocycles. The molecule has 106 valence electrons. The molecule has 2 nitrogen and oxygen atoms in total. The second-order valence-electron chi connectivity index (χ2n) is 6.63. The minimum absolute atomic E-state index is 0.179. The van der Waals surface area contributed by atoms with Crippen molar-refractivity contribution in [2.24, 2.45) is 5.92 Å². The van der Waals surface area contributed by atoms with E-state index >= 15 is 0 Å². The van der Waals surface area contributed by atoms with Crippen molar-refractivity contribution in [3.05, 3.63) is 29.3 Å². The van der Waals surface area contributed by atoms with Gasteiger partial charge in [-0.05, 0) is 64.5 Å². The Bertz CT molecular complexity index is 439. The van der Waals surface area contributed by atoms with Crippen molar-refractivity contribution >= 4 is 5.69 Å². The normalized spacial score (nSPS) is 22.6. The molecule has 1 N–H and O–H groups in total. The zero-order valence-electron chi connectivity index (χ0n) is 12.7. The van der Waals surface area contributed by atoms with Gasteiger partial charge < -0.3 is 10.0 Å². The van der Waals surface area contributed by atoms with Gasteiger partial charge in [-0.15, -0.1) is 0 Å². The van der Waals surface area contributed by atoms with Crippen LogP contribution >= 0.6 is 0 Å². The molecule has 19 heavy (non-hydrogen) atoms. The summed E-state index contributed by atoms with van der Waals surface area (Å²) < 4.78 is 0. The first-order chi connectivity index (χ1) is 8.94. The van der Waals surface area contributed by atoms with Gasteiger partial charge in [0.1, 0.15) is 0 Å². The highest BCUT2D eigenvalue weighted by Gasteiger charge is 2.34. The van der Waals surface area contributed by atoms with E-state index in [0.717, 1.165) is 13.0 Å². The predicted octanol–water partition coefficient (Wildman–Crippen LogP) is 3.68.